The van der Waals surface area contributed by atoms with Crippen LogP contribution in [0.3, 0.4) is 0 Å². The normalized spacial score (nSPS) is 23.1. The number of carbonyl (C=O) groups excluding carboxylic acids is 1. The topological polar surface area (TPSA) is 82.6 Å². The maximum absolute atomic E-state index is 14.2. The Morgan fingerprint density at radius 3 is 2.70 bits per heavy atom. The van der Waals surface area contributed by atoms with Gasteiger partial charge in [0.15, 0.2) is 0 Å². The van der Waals surface area contributed by atoms with Crippen LogP contribution >= 0.6 is 0 Å². The second kappa shape index (κ2) is 10.4. The average molecular weight is 523 g/mol. The third kappa shape index (κ3) is 5.80. The van der Waals surface area contributed by atoms with Crippen molar-refractivity contribution < 1.29 is 27.1 Å². The van der Waals surface area contributed by atoms with Gasteiger partial charge in [-0.05, 0) is 49.6 Å². The van der Waals surface area contributed by atoms with E-state index in [0.29, 0.717) is 57.3 Å². The number of urea groups is 1. The molecule has 2 atom stereocenters. The first-order valence-electron chi connectivity index (χ1n) is 12.5. The average Bonchev–Trinajstić information content (AvgIpc) is 3.23. The van der Waals surface area contributed by atoms with E-state index >= 15 is 0 Å². The Kier molecular flexibility index (Phi) is 7.21. The first-order valence-corrected chi connectivity index (χ1v) is 12.5. The molecule has 3 aliphatic heterocycles. The number of nitrogens with zero attached hydrogens (tertiary/aromatic N) is 4. The minimum Gasteiger partial charge on any atom is -0.381 e. The fourth-order valence-corrected chi connectivity index (χ4v) is 5.30. The molecule has 12 heteroatoms. The molecule has 4 heterocycles. The molecule has 3 aliphatic rings. The molecular formula is C25H30F4N6O2. The smallest absolute Gasteiger partial charge is 0.381 e. The van der Waals surface area contributed by atoms with Crippen molar-refractivity contribution in [2.45, 2.75) is 50.0 Å². The van der Waals surface area contributed by atoms with Gasteiger partial charge in [0.05, 0.1) is 23.8 Å². The van der Waals surface area contributed by atoms with Crippen LogP contribution in [0.4, 0.5) is 28.3 Å². The number of alkyl halides is 3. The Bertz CT molecular complexity index is 1140. The highest BCUT2D eigenvalue weighted by Gasteiger charge is 2.38. The molecule has 0 spiro atoms. The van der Waals surface area contributed by atoms with Crippen molar-refractivity contribution >= 4 is 12.0 Å². The van der Waals surface area contributed by atoms with Gasteiger partial charge in [-0.2, -0.15) is 13.2 Å². The molecule has 8 nitrogen and oxygen atoms in total. The predicted octanol–water partition coefficient (Wildman–Crippen LogP) is 3.39. The summed E-state index contributed by atoms with van der Waals surface area (Å²) in [5.74, 6) is -1.10. The number of hydrogen-bond donors (Lipinski definition) is 2. The molecule has 2 amide bonds. The number of aromatic nitrogens is 2. The van der Waals surface area contributed by atoms with E-state index in [1.807, 2.05) is 11.9 Å². The number of likely N-dealkylation sites (tertiary alicyclic amines) is 1. The zero-order valence-electron chi connectivity index (χ0n) is 20.5. The summed E-state index contributed by atoms with van der Waals surface area (Å²) >= 11 is 0. The first-order chi connectivity index (χ1) is 17.7. The van der Waals surface area contributed by atoms with Gasteiger partial charge in [-0.25, -0.2) is 19.2 Å². The lowest BCUT2D eigenvalue weighted by molar-refractivity contribution is -0.140. The number of carbonyl (C=O) groups is 1. The standard InChI is InChI=1S/C25H30F4N6O2/c1-34-12-18(15-2-3-19(20(26)10-15)25(27,28)29)22(13-34)33-24(36)35-7-4-16-11-30-23(32-21(16)14-35)31-17-5-8-37-9-6-17/h2-3,10-11,17-18,22H,4-9,12-14H2,1H3,(H,33,36)(H,30,31,32). The van der Waals surface area contributed by atoms with Crippen LogP contribution in [0.25, 0.3) is 0 Å². The van der Waals surface area contributed by atoms with E-state index in [2.05, 4.69) is 20.6 Å². The van der Waals surface area contributed by atoms with Gasteiger partial charge in [-0.3, -0.25) is 0 Å². The van der Waals surface area contributed by atoms with E-state index in [1.165, 1.54) is 6.07 Å². The van der Waals surface area contributed by atoms with Crippen molar-refractivity contribution in [3.63, 3.8) is 0 Å². The van der Waals surface area contributed by atoms with Crippen LogP contribution in [0.15, 0.2) is 24.4 Å². The minimum absolute atomic E-state index is 0.251. The lowest BCUT2D eigenvalue weighted by Crippen LogP contribution is -2.49. The lowest BCUT2D eigenvalue weighted by Gasteiger charge is -2.31. The van der Waals surface area contributed by atoms with Gasteiger partial charge >= 0.3 is 12.2 Å². The third-order valence-corrected chi connectivity index (χ3v) is 7.33. The summed E-state index contributed by atoms with van der Waals surface area (Å²) in [6.45, 7) is 3.23. The van der Waals surface area contributed by atoms with Crippen molar-refractivity contribution in [2.75, 3.05) is 45.2 Å². The molecule has 2 fully saturated rings. The molecule has 1 aromatic heterocycles. The molecule has 0 aliphatic carbocycles. The second-order valence-corrected chi connectivity index (χ2v) is 9.99. The number of halogens is 4. The van der Waals surface area contributed by atoms with Gasteiger partial charge in [-0.1, -0.05) is 6.07 Å². The van der Waals surface area contributed by atoms with Crippen LogP contribution in [-0.2, 0) is 23.9 Å². The molecular weight excluding hydrogens is 492 g/mol. The maximum Gasteiger partial charge on any atom is 0.419 e. The molecule has 2 unspecified atom stereocenters. The largest absolute Gasteiger partial charge is 0.419 e. The summed E-state index contributed by atoms with van der Waals surface area (Å²) < 4.78 is 58.6. The molecule has 0 radical (unpaired) electrons. The number of hydrogen-bond acceptors (Lipinski definition) is 6. The van der Waals surface area contributed by atoms with Crippen LogP contribution in [0, 0.1) is 5.82 Å². The number of nitrogens with one attached hydrogen (secondary N) is 2. The van der Waals surface area contributed by atoms with E-state index in [1.54, 1.807) is 11.1 Å². The summed E-state index contributed by atoms with van der Waals surface area (Å²) in [5, 5.41) is 6.38. The molecule has 5 rings (SSSR count). The zero-order valence-corrected chi connectivity index (χ0v) is 20.5. The van der Waals surface area contributed by atoms with Gasteiger partial charge in [0.1, 0.15) is 5.82 Å². The summed E-state index contributed by atoms with van der Waals surface area (Å²) in [6, 6.07) is 2.62. The Labute approximate surface area is 212 Å². The number of amides is 2. The quantitative estimate of drug-likeness (QED) is 0.600. The van der Waals surface area contributed by atoms with Gasteiger partial charge in [0.2, 0.25) is 5.95 Å². The molecule has 1 aromatic carbocycles. The molecule has 2 aromatic rings. The first kappa shape index (κ1) is 25.7. The second-order valence-electron chi connectivity index (χ2n) is 9.99. The highest BCUT2D eigenvalue weighted by molar-refractivity contribution is 5.75. The fraction of sp³-hybridized carbons (Fsp3) is 0.560. The van der Waals surface area contributed by atoms with Gasteiger partial charge in [0.25, 0.3) is 0 Å². The summed E-state index contributed by atoms with van der Waals surface area (Å²) in [6.07, 6.45) is -0.556. The van der Waals surface area contributed by atoms with Crippen molar-refractivity contribution in [1.82, 2.24) is 25.1 Å². The van der Waals surface area contributed by atoms with E-state index in [0.717, 1.165) is 36.2 Å². The van der Waals surface area contributed by atoms with Gasteiger partial charge < -0.3 is 25.2 Å². The van der Waals surface area contributed by atoms with Crippen LogP contribution in [0.1, 0.15) is 41.1 Å². The van der Waals surface area contributed by atoms with E-state index in [-0.39, 0.29) is 24.0 Å². The van der Waals surface area contributed by atoms with E-state index in [9.17, 15) is 22.4 Å². The zero-order chi connectivity index (χ0) is 26.2. The highest BCUT2D eigenvalue weighted by Crippen LogP contribution is 2.34. The van der Waals surface area contributed by atoms with Crippen molar-refractivity contribution in [3.8, 4) is 0 Å². The van der Waals surface area contributed by atoms with Crippen molar-refractivity contribution in [2.24, 2.45) is 0 Å². The summed E-state index contributed by atoms with van der Waals surface area (Å²) in [5.41, 5.74) is 0.930. The molecule has 200 valence electrons. The molecule has 0 bridgehead atoms. The minimum atomic E-state index is -4.75. The molecule has 2 N–H and O–H groups in total. The predicted molar refractivity (Wildman–Crippen MR) is 128 cm³/mol. The van der Waals surface area contributed by atoms with Crippen LogP contribution in [0.2, 0.25) is 0 Å². The maximum atomic E-state index is 14.2. The number of anilines is 1. The van der Waals surface area contributed by atoms with Crippen molar-refractivity contribution in [3.05, 3.63) is 52.6 Å². The summed E-state index contributed by atoms with van der Waals surface area (Å²) in [4.78, 5) is 25.9. The lowest BCUT2D eigenvalue weighted by atomic mass is 9.93. The number of benzene rings is 1. The van der Waals surface area contributed by atoms with Crippen LogP contribution in [0.5, 0.6) is 0 Å². The Morgan fingerprint density at radius 1 is 1.19 bits per heavy atom. The van der Waals surface area contributed by atoms with Crippen LogP contribution in [-0.4, -0.2) is 77.8 Å². The number of likely N-dealkylation sites (N-methyl/N-ethyl adjacent to an activating group) is 1. The van der Waals surface area contributed by atoms with Gasteiger partial charge in [-0.15, -0.1) is 0 Å². The SMILES string of the molecule is CN1CC(NC(=O)N2CCc3cnc(NC4CCOCC4)nc3C2)C(c2ccc(C(F)(F)F)c(F)c2)C1. The Hall–Kier alpha value is -2.99. The van der Waals surface area contributed by atoms with E-state index in [4.69, 9.17) is 4.74 Å². The van der Waals surface area contributed by atoms with Crippen molar-refractivity contribution in [1.29, 1.82) is 0 Å². The number of fused-ring (bicyclic) bond motifs is 1. The number of rotatable bonds is 4. The molecule has 2 saturated heterocycles. The molecule has 37 heavy (non-hydrogen) atoms. The number of ether oxygens (including phenoxy) is 1. The van der Waals surface area contributed by atoms with E-state index < -0.39 is 17.6 Å². The van der Waals surface area contributed by atoms with Gasteiger partial charge in [0, 0.05) is 51.0 Å². The summed E-state index contributed by atoms with van der Waals surface area (Å²) in [7, 11) is 1.86. The Balaban J connectivity index is 1.25. The third-order valence-electron chi connectivity index (χ3n) is 7.33. The highest BCUT2D eigenvalue weighted by atomic mass is 19.4. The fourth-order valence-electron chi connectivity index (χ4n) is 5.30. The Morgan fingerprint density at radius 2 is 1.97 bits per heavy atom. The molecule has 0 saturated carbocycles. The monoisotopic (exact) mass is 522 g/mol. The van der Waals surface area contributed by atoms with Crippen LogP contribution < -0.4 is 10.6 Å².